The van der Waals surface area contributed by atoms with Crippen LogP contribution >= 0.6 is 0 Å². The first-order chi connectivity index (χ1) is 8.88. The average molecular weight is 261 g/mol. The second-order valence-corrected chi connectivity index (χ2v) is 5.27. The lowest BCUT2D eigenvalue weighted by atomic mass is 9.89. The summed E-state index contributed by atoms with van der Waals surface area (Å²) >= 11 is 0. The smallest absolute Gasteiger partial charge is 0.153 e. The molecular weight excluding hydrogens is 245 g/mol. The monoisotopic (exact) mass is 261 g/mol. The molecule has 19 heavy (non-hydrogen) atoms. The molecule has 0 fully saturated rings. The highest BCUT2D eigenvalue weighted by Crippen LogP contribution is 2.29. The van der Waals surface area contributed by atoms with Crippen molar-refractivity contribution in [2.75, 3.05) is 0 Å². The van der Waals surface area contributed by atoms with Crippen molar-refractivity contribution in [1.29, 1.82) is 0 Å². The molecule has 3 N–H and O–H groups in total. The number of aliphatic imine (C=N–C) groups is 1. The molecule has 0 aliphatic rings. The molecule has 0 saturated carbocycles. The van der Waals surface area contributed by atoms with Gasteiger partial charge in [-0.05, 0) is 11.5 Å². The Hall–Kier alpha value is -2.24. The van der Waals surface area contributed by atoms with Crippen molar-refractivity contribution in [2.45, 2.75) is 26.2 Å². The number of amidine groups is 1. The quantitative estimate of drug-likeness (QED) is 0.643. The second-order valence-electron chi connectivity index (χ2n) is 5.27. The first kappa shape index (κ1) is 13.2. The van der Waals surface area contributed by atoms with Crippen LogP contribution in [0.4, 0.5) is 10.2 Å². The molecule has 0 atom stereocenters. The number of pyridine rings is 1. The zero-order valence-electron chi connectivity index (χ0n) is 11.1. The van der Waals surface area contributed by atoms with Crippen molar-refractivity contribution in [2.24, 2.45) is 10.7 Å². The van der Waals surface area contributed by atoms with E-state index in [2.05, 4.69) is 40.9 Å². The molecule has 2 aromatic rings. The van der Waals surface area contributed by atoms with Gasteiger partial charge in [0.05, 0.1) is 12.4 Å². The molecule has 0 aliphatic heterocycles. The first-order valence-electron chi connectivity index (χ1n) is 5.87. The van der Waals surface area contributed by atoms with E-state index in [0.29, 0.717) is 11.4 Å². The fourth-order valence-corrected chi connectivity index (χ4v) is 1.65. The van der Waals surface area contributed by atoms with Gasteiger partial charge in [-0.2, -0.15) is 5.10 Å². The highest BCUT2D eigenvalue weighted by molar-refractivity contribution is 5.98. The van der Waals surface area contributed by atoms with Crippen LogP contribution in [0, 0.1) is 5.82 Å². The zero-order valence-corrected chi connectivity index (χ0v) is 11.1. The van der Waals surface area contributed by atoms with Gasteiger partial charge in [-0.1, -0.05) is 20.8 Å². The van der Waals surface area contributed by atoms with Crippen molar-refractivity contribution in [1.82, 2.24) is 15.2 Å². The molecule has 0 unspecified atom stereocenters. The fraction of sp³-hybridized carbons (Fsp3) is 0.308. The number of nitrogens with zero attached hydrogens (tertiary/aromatic N) is 3. The van der Waals surface area contributed by atoms with E-state index in [1.807, 2.05) is 0 Å². The van der Waals surface area contributed by atoms with Gasteiger partial charge >= 0.3 is 0 Å². The van der Waals surface area contributed by atoms with Gasteiger partial charge in [-0.25, -0.2) is 9.38 Å². The Morgan fingerprint density at radius 2 is 2.05 bits per heavy atom. The van der Waals surface area contributed by atoms with Crippen LogP contribution in [-0.2, 0) is 5.41 Å². The number of nitrogens with one attached hydrogen (secondary N) is 1. The highest BCUT2D eigenvalue weighted by Gasteiger charge is 2.20. The lowest BCUT2D eigenvalue weighted by Gasteiger charge is -2.16. The third kappa shape index (κ3) is 2.96. The molecule has 5 nitrogen and oxygen atoms in total. The number of rotatable bonds is 2. The lowest BCUT2D eigenvalue weighted by molar-refractivity contribution is 0.592. The van der Waals surface area contributed by atoms with Crippen molar-refractivity contribution in [3.63, 3.8) is 0 Å². The molecule has 0 aliphatic carbocycles. The Balaban J connectivity index is 2.39. The predicted octanol–water partition coefficient (Wildman–Crippen LogP) is 2.28. The molecule has 2 aromatic heterocycles. The third-order valence-corrected chi connectivity index (χ3v) is 2.66. The van der Waals surface area contributed by atoms with E-state index in [1.54, 1.807) is 6.20 Å². The Morgan fingerprint density at radius 3 is 2.68 bits per heavy atom. The molecular formula is C13H16FN5. The van der Waals surface area contributed by atoms with Gasteiger partial charge in [0.15, 0.2) is 5.82 Å². The number of aromatic nitrogens is 3. The van der Waals surface area contributed by atoms with Crippen LogP contribution in [0.1, 0.15) is 31.9 Å². The standard InChI is InChI=1S/C13H16FN5/c1-13(2,3)10-7-17-19-12(10)18-11(15)8-4-9(14)6-16-5-8/h4-7H,1-3H3,(H3,15,17,18,19). The van der Waals surface area contributed by atoms with Gasteiger partial charge in [0.1, 0.15) is 11.7 Å². The van der Waals surface area contributed by atoms with E-state index in [-0.39, 0.29) is 11.3 Å². The summed E-state index contributed by atoms with van der Waals surface area (Å²) in [4.78, 5) is 8.01. The van der Waals surface area contributed by atoms with Crippen molar-refractivity contribution in [3.05, 3.63) is 41.6 Å². The van der Waals surface area contributed by atoms with Crippen LogP contribution in [0.3, 0.4) is 0 Å². The second kappa shape index (κ2) is 4.79. The van der Waals surface area contributed by atoms with Crippen LogP contribution in [0.5, 0.6) is 0 Å². The topological polar surface area (TPSA) is 80.0 Å². The van der Waals surface area contributed by atoms with E-state index >= 15 is 0 Å². The Kier molecular flexibility index (Phi) is 3.33. The summed E-state index contributed by atoms with van der Waals surface area (Å²) in [6.45, 7) is 6.16. The molecule has 0 saturated heterocycles. The number of nitrogens with two attached hydrogens (primary N) is 1. The van der Waals surface area contributed by atoms with E-state index < -0.39 is 5.82 Å². The summed E-state index contributed by atoms with van der Waals surface area (Å²) in [6, 6.07) is 1.29. The minimum atomic E-state index is -0.448. The van der Waals surface area contributed by atoms with Gasteiger partial charge in [0.2, 0.25) is 0 Å². The summed E-state index contributed by atoms with van der Waals surface area (Å²) < 4.78 is 13.1. The number of H-pyrrole nitrogens is 1. The van der Waals surface area contributed by atoms with Gasteiger partial charge in [0, 0.05) is 17.3 Å². The summed E-state index contributed by atoms with van der Waals surface area (Å²) in [5.74, 6) is 0.326. The Morgan fingerprint density at radius 1 is 1.32 bits per heavy atom. The van der Waals surface area contributed by atoms with Crippen LogP contribution in [0.25, 0.3) is 0 Å². The maximum Gasteiger partial charge on any atom is 0.153 e. The normalized spacial score (nSPS) is 12.7. The minimum Gasteiger partial charge on any atom is -0.383 e. The molecule has 2 heterocycles. The summed E-state index contributed by atoms with van der Waals surface area (Å²) in [7, 11) is 0. The zero-order chi connectivity index (χ0) is 14.0. The first-order valence-corrected chi connectivity index (χ1v) is 5.87. The third-order valence-electron chi connectivity index (χ3n) is 2.66. The molecule has 0 radical (unpaired) electrons. The molecule has 0 amide bonds. The van der Waals surface area contributed by atoms with Crippen molar-refractivity contribution < 1.29 is 4.39 Å². The van der Waals surface area contributed by atoms with Crippen molar-refractivity contribution in [3.8, 4) is 0 Å². The summed E-state index contributed by atoms with van der Waals surface area (Å²) in [5, 5.41) is 6.77. The molecule has 0 bridgehead atoms. The Bertz CT molecular complexity index is 609. The molecule has 0 spiro atoms. The minimum absolute atomic E-state index is 0.105. The molecule has 100 valence electrons. The summed E-state index contributed by atoms with van der Waals surface area (Å²) in [5.41, 5.74) is 7.14. The number of hydrogen-bond donors (Lipinski definition) is 2. The highest BCUT2D eigenvalue weighted by atomic mass is 19.1. The number of halogens is 1. The van der Waals surface area contributed by atoms with Crippen LogP contribution in [-0.4, -0.2) is 21.0 Å². The van der Waals surface area contributed by atoms with Gasteiger partial charge in [0.25, 0.3) is 0 Å². The van der Waals surface area contributed by atoms with Gasteiger partial charge in [-0.15, -0.1) is 0 Å². The van der Waals surface area contributed by atoms with E-state index in [9.17, 15) is 4.39 Å². The average Bonchev–Trinajstić information content (AvgIpc) is 2.77. The molecule has 6 heteroatoms. The number of aromatic amines is 1. The summed E-state index contributed by atoms with van der Waals surface area (Å²) in [6.07, 6.45) is 4.30. The van der Waals surface area contributed by atoms with Crippen LogP contribution in [0.15, 0.2) is 29.6 Å². The maximum atomic E-state index is 13.1. The van der Waals surface area contributed by atoms with Gasteiger partial charge in [-0.3, -0.25) is 10.1 Å². The largest absolute Gasteiger partial charge is 0.383 e. The predicted molar refractivity (Wildman–Crippen MR) is 71.9 cm³/mol. The van der Waals surface area contributed by atoms with E-state index in [0.717, 1.165) is 11.8 Å². The number of hydrogen-bond acceptors (Lipinski definition) is 3. The van der Waals surface area contributed by atoms with Crippen LogP contribution in [0.2, 0.25) is 0 Å². The maximum absolute atomic E-state index is 13.1. The lowest BCUT2D eigenvalue weighted by Crippen LogP contribution is -2.15. The Labute approximate surface area is 110 Å². The van der Waals surface area contributed by atoms with Gasteiger partial charge < -0.3 is 5.73 Å². The SMILES string of the molecule is CC(C)(C)c1cn[nH]c1N=C(N)c1cncc(F)c1. The van der Waals surface area contributed by atoms with Crippen LogP contribution < -0.4 is 5.73 Å². The molecule has 2 rings (SSSR count). The van der Waals surface area contributed by atoms with E-state index in [1.165, 1.54) is 12.3 Å². The fourth-order valence-electron chi connectivity index (χ4n) is 1.65. The van der Waals surface area contributed by atoms with E-state index in [4.69, 9.17) is 5.73 Å². The molecule has 0 aromatic carbocycles. The van der Waals surface area contributed by atoms with Crippen molar-refractivity contribution >= 4 is 11.7 Å².